The summed E-state index contributed by atoms with van der Waals surface area (Å²) >= 11 is 12.5. The monoisotopic (exact) mass is 665 g/mol. The summed E-state index contributed by atoms with van der Waals surface area (Å²) in [4.78, 5) is 30.0. The first-order chi connectivity index (χ1) is 21.2. The fraction of sp³-hybridized carbons (Fsp3) is 0.257. The molecule has 0 heterocycles. The molecule has 1 N–H and O–H groups in total. The summed E-state index contributed by atoms with van der Waals surface area (Å²) in [5, 5.41) is 3.87. The van der Waals surface area contributed by atoms with Gasteiger partial charge in [0, 0.05) is 28.5 Å². The fourth-order valence-corrected chi connectivity index (χ4v) is 6.66. The van der Waals surface area contributed by atoms with E-state index in [0.717, 1.165) is 15.4 Å². The van der Waals surface area contributed by atoms with Crippen LogP contribution in [0.1, 0.15) is 37.5 Å². The Morgan fingerprint density at radius 1 is 0.800 bits per heavy atom. The number of carbonyl (C=O) groups excluding carboxylic acids is 2. The van der Waals surface area contributed by atoms with E-state index in [1.165, 1.54) is 23.1 Å². The lowest BCUT2D eigenvalue weighted by Crippen LogP contribution is -2.56. The number of aryl methyl sites for hydroxylation is 1. The molecule has 0 spiro atoms. The predicted octanol–water partition coefficient (Wildman–Crippen LogP) is 7.05. The van der Waals surface area contributed by atoms with Crippen LogP contribution in [0.15, 0.2) is 108 Å². The van der Waals surface area contributed by atoms with Gasteiger partial charge in [-0.05, 0) is 80.8 Å². The van der Waals surface area contributed by atoms with E-state index in [1.807, 2.05) is 51.1 Å². The Kier molecular flexibility index (Phi) is 11.0. The Morgan fingerprint density at radius 3 is 1.98 bits per heavy atom. The number of halogens is 2. The Labute approximate surface area is 275 Å². The van der Waals surface area contributed by atoms with E-state index >= 15 is 0 Å². The third-order valence-corrected chi connectivity index (χ3v) is 9.35. The van der Waals surface area contributed by atoms with Crippen molar-refractivity contribution < 1.29 is 18.0 Å². The van der Waals surface area contributed by atoms with E-state index in [1.54, 1.807) is 61.5 Å². The number of sulfonamides is 1. The molecule has 0 saturated carbocycles. The largest absolute Gasteiger partial charge is 0.350 e. The quantitative estimate of drug-likeness (QED) is 0.186. The fourth-order valence-electron chi connectivity index (χ4n) is 4.88. The van der Waals surface area contributed by atoms with Gasteiger partial charge in [0.05, 0.1) is 10.6 Å². The van der Waals surface area contributed by atoms with Crippen LogP contribution >= 0.6 is 23.2 Å². The Hall–Kier alpha value is -3.85. The second-order valence-corrected chi connectivity index (χ2v) is 14.6. The van der Waals surface area contributed by atoms with Crippen LogP contribution in [0.3, 0.4) is 0 Å². The molecule has 4 rings (SSSR count). The van der Waals surface area contributed by atoms with E-state index in [0.29, 0.717) is 15.6 Å². The highest BCUT2D eigenvalue weighted by Crippen LogP contribution is 2.30. The highest BCUT2D eigenvalue weighted by molar-refractivity contribution is 7.92. The zero-order chi connectivity index (χ0) is 32.8. The van der Waals surface area contributed by atoms with Crippen LogP contribution in [0.25, 0.3) is 0 Å². The number of anilines is 1. The van der Waals surface area contributed by atoms with Crippen LogP contribution in [0.2, 0.25) is 10.0 Å². The van der Waals surface area contributed by atoms with Crippen molar-refractivity contribution in [3.8, 4) is 0 Å². The molecule has 0 aromatic heterocycles. The lowest BCUT2D eigenvalue weighted by molar-refractivity contribution is -0.140. The standard InChI is InChI=1S/C35H37Cl2N3O4S/c1-25-15-18-29(37)22-31(25)40(45(43,44)30-13-9-6-10-14-30)24-33(41)39(23-27-16-19-28(36)20-17-27)32(34(42)38-35(2,3)4)21-26-11-7-5-8-12-26/h5-20,22,32H,21,23-24H2,1-4H3,(H,38,42)/t32-/m1/s1. The molecule has 0 saturated heterocycles. The van der Waals surface area contributed by atoms with Gasteiger partial charge in [0.1, 0.15) is 12.6 Å². The maximum atomic E-state index is 14.6. The number of rotatable bonds is 11. The minimum absolute atomic E-state index is 0.0211. The maximum Gasteiger partial charge on any atom is 0.264 e. The van der Waals surface area contributed by atoms with Crippen molar-refractivity contribution in [1.82, 2.24) is 10.2 Å². The number of hydrogen-bond acceptors (Lipinski definition) is 4. The first-order valence-corrected chi connectivity index (χ1v) is 16.7. The first kappa shape index (κ1) is 34.0. The van der Waals surface area contributed by atoms with Crippen molar-refractivity contribution in [1.29, 1.82) is 0 Å². The lowest BCUT2D eigenvalue weighted by atomic mass is 10.0. The van der Waals surface area contributed by atoms with Crippen LogP contribution < -0.4 is 9.62 Å². The normalized spacial score (nSPS) is 12.3. The zero-order valence-corrected chi connectivity index (χ0v) is 28.0. The predicted molar refractivity (Wildman–Crippen MR) is 181 cm³/mol. The van der Waals surface area contributed by atoms with Gasteiger partial charge >= 0.3 is 0 Å². The van der Waals surface area contributed by atoms with E-state index in [-0.39, 0.29) is 29.5 Å². The minimum Gasteiger partial charge on any atom is -0.350 e. The Morgan fingerprint density at radius 2 is 1.38 bits per heavy atom. The van der Waals surface area contributed by atoms with Crippen molar-refractivity contribution in [2.75, 3.05) is 10.8 Å². The van der Waals surface area contributed by atoms with Crippen LogP contribution in [0.4, 0.5) is 5.69 Å². The van der Waals surface area contributed by atoms with Gasteiger partial charge in [-0.15, -0.1) is 0 Å². The molecule has 4 aromatic rings. The van der Waals surface area contributed by atoms with E-state index < -0.39 is 34.1 Å². The molecule has 0 aliphatic carbocycles. The van der Waals surface area contributed by atoms with E-state index in [4.69, 9.17) is 23.2 Å². The molecule has 0 unspecified atom stereocenters. The number of amides is 2. The number of nitrogens with one attached hydrogen (secondary N) is 1. The average molecular weight is 667 g/mol. The van der Waals surface area contributed by atoms with Gasteiger partial charge in [0.25, 0.3) is 10.0 Å². The molecule has 0 radical (unpaired) electrons. The third kappa shape index (κ3) is 9.10. The SMILES string of the molecule is Cc1ccc(Cl)cc1N(CC(=O)N(Cc1ccc(Cl)cc1)[C@H](Cc1ccccc1)C(=O)NC(C)(C)C)S(=O)(=O)c1ccccc1. The molecule has 0 aliphatic heterocycles. The highest BCUT2D eigenvalue weighted by Gasteiger charge is 2.36. The summed E-state index contributed by atoms with van der Waals surface area (Å²) in [7, 11) is -4.22. The molecule has 1 atom stereocenters. The van der Waals surface area contributed by atoms with E-state index in [9.17, 15) is 18.0 Å². The first-order valence-electron chi connectivity index (χ1n) is 14.5. The molecular formula is C35H37Cl2N3O4S. The molecule has 2 amide bonds. The zero-order valence-electron chi connectivity index (χ0n) is 25.7. The van der Waals surface area contributed by atoms with Crippen molar-refractivity contribution >= 4 is 50.7 Å². The summed E-state index contributed by atoms with van der Waals surface area (Å²) in [6.07, 6.45) is 0.212. The molecule has 7 nitrogen and oxygen atoms in total. The molecule has 0 bridgehead atoms. The average Bonchev–Trinajstić information content (AvgIpc) is 3.00. The number of carbonyl (C=O) groups is 2. The van der Waals surface area contributed by atoms with Crippen molar-refractivity contribution in [2.24, 2.45) is 0 Å². The van der Waals surface area contributed by atoms with Gasteiger partial charge in [0.2, 0.25) is 11.8 Å². The van der Waals surface area contributed by atoms with Crippen LogP contribution in [-0.4, -0.2) is 43.3 Å². The second-order valence-electron chi connectivity index (χ2n) is 11.8. The van der Waals surface area contributed by atoms with Gasteiger partial charge in [-0.25, -0.2) is 8.42 Å². The van der Waals surface area contributed by atoms with Crippen molar-refractivity contribution in [2.45, 2.75) is 57.1 Å². The third-order valence-electron chi connectivity index (χ3n) is 7.09. The van der Waals surface area contributed by atoms with Crippen molar-refractivity contribution in [3.05, 3.63) is 130 Å². The maximum absolute atomic E-state index is 14.6. The molecule has 45 heavy (non-hydrogen) atoms. The highest BCUT2D eigenvalue weighted by atomic mass is 35.5. The minimum atomic E-state index is -4.22. The Bertz CT molecular complexity index is 1730. The number of nitrogens with zero attached hydrogens (tertiary/aromatic N) is 2. The van der Waals surface area contributed by atoms with Crippen LogP contribution in [0.5, 0.6) is 0 Å². The topological polar surface area (TPSA) is 86.8 Å². The summed E-state index contributed by atoms with van der Waals surface area (Å²) in [5.41, 5.74) is 1.87. The van der Waals surface area contributed by atoms with Crippen molar-refractivity contribution in [3.63, 3.8) is 0 Å². The number of hydrogen-bond donors (Lipinski definition) is 1. The second kappa shape index (κ2) is 14.5. The van der Waals surface area contributed by atoms with Crippen LogP contribution in [0, 0.1) is 6.92 Å². The summed E-state index contributed by atoms with van der Waals surface area (Å²) in [6, 6.07) is 28.2. The molecule has 4 aromatic carbocycles. The molecule has 236 valence electrons. The van der Waals surface area contributed by atoms with Gasteiger partial charge in [-0.1, -0.05) is 89.9 Å². The summed E-state index contributed by atoms with van der Waals surface area (Å²) in [6.45, 7) is 6.83. The van der Waals surface area contributed by atoms with Gasteiger partial charge in [-0.3, -0.25) is 13.9 Å². The molecule has 0 aliphatic rings. The van der Waals surface area contributed by atoms with E-state index in [2.05, 4.69) is 5.32 Å². The van der Waals surface area contributed by atoms with Gasteiger partial charge in [-0.2, -0.15) is 0 Å². The molecular weight excluding hydrogens is 629 g/mol. The summed E-state index contributed by atoms with van der Waals surface area (Å²) in [5.74, 6) is -0.918. The van der Waals surface area contributed by atoms with Gasteiger partial charge < -0.3 is 10.2 Å². The van der Waals surface area contributed by atoms with Crippen LogP contribution in [-0.2, 0) is 32.6 Å². The lowest BCUT2D eigenvalue weighted by Gasteiger charge is -2.35. The molecule has 10 heteroatoms. The van der Waals surface area contributed by atoms with Gasteiger partial charge in [0.15, 0.2) is 0 Å². The summed E-state index contributed by atoms with van der Waals surface area (Å²) < 4.78 is 29.4. The number of benzene rings is 4. The molecule has 0 fully saturated rings. The Balaban J connectivity index is 1.84. The smallest absolute Gasteiger partial charge is 0.264 e.